The third-order valence-corrected chi connectivity index (χ3v) is 8.30. The lowest BCUT2D eigenvalue weighted by atomic mass is 10.2. The largest absolute Gasteiger partial charge is 0.755 e. The Hall–Kier alpha value is -3.10. The predicted octanol–water partition coefficient (Wildman–Crippen LogP) is 0.533. The van der Waals surface area contributed by atoms with Crippen LogP contribution in [0.5, 0.6) is 0 Å². The van der Waals surface area contributed by atoms with Crippen LogP contribution in [0.3, 0.4) is 0 Å². The van der Waals surface area contributed by atoms with E-state index >= 15 is 0 Å². The van der Waals surface area contributed by atoms with Crippen LogP contribution in [-0.2, 0) is 55.3 Å². The molecule has 0 fully saturated rings. The van der Waals surface area contributed by atoms with Crippen molar-refractivity contribution in [3.63, 3.8) is 0 Å². The molecular formula is C20H24ClN4O12S3-. The molecule has 40 heavy (non-hydrogen) atoms. The van der Waals surface area contributed by atoms with Crippen LogP contribution in [0.1, 0.15) is 27.2 Å². The molecule has 0 aromatic heterocycles. The van der Waals surface area contributed by atoms with Crippen molar-refractivity contribution in [2.45, 2.75) is 33.3 Å². The fraction of sp³-hybridized carbons (Fsp3) is 0.400. The predicted molar refractivity (Wildman–Crippen MR) is 142 cm³/mol. The average Bonchev–Trinajstić information content (AvgIpc) is 2.84. The summed E-state index contributed by atoms with van der Waals surface area (Å²) >= 11 is 3.35. The van der Waals surface area contributed by atoms with Gasteiger partial charge in [0.2, 0.25) is 6.10 Å². The van der Waals surface area contributed by atoms with Gasteiger partial charge in [0, 0.05) is 23.4 Å². The van der Waals surface area contributed by atoms with Crippen LogP contribution >= 0.6 is 11.6 Å². The Kier molecular flexibility index (Phi) is 11.2. The normalized spacial score (nSPS) is 16.4. The van der Waals surface area contributed by atoms with Crippen LogP contribution in [-0.4, -0.2) is 83.1 Å². The Labute approximate surface area is 237 Å². The third-order valence-electron chi connectivity index (χ3n) is 4.95. The molecular weight excluding hydrogens is 620 g/mol. The first-order valence-corrected chi connectivity index (χ1v) is 15.6. The van der Waals surface area contributed by atoms with Crippen molar-refractivity contribution >= 4 is 78.1 Å². The minimum atomic E-state index is -4.78. The molecule has 1 heterocycles. The number of carbonyl (C=O) groups excluding carboxylic acids is 3. The highest BCUT2D eigenvalue weighted by Crippen LogP contribution is 2.29. The van der Waals surface area contributed by atoms with Crippen molar-refractivity contribution in [3.8, 4) is 0 Å². The first-order chi connectivity index (χ1) is 18.5. The molecule has 0 radical (unpaired) electrons. The highest BCUT2D eigenvalue weighted by atomic mass is 35.5. The molecule has 0 saturated heterocycles. The molecule has 1 aromatic carbocycles. The smallest absolute Gasteiger partial charge is 0.358 e. The summed E-state index contributed by atoms with van der Waals surface area (Å²) in [4.78, 5) is 41.4. The molecule has 1 aromatic rings. The fourth-order valence-electron chi connectivity index (χ4n) is 3.09. The standard InChI is InChI=1S/C20H25ClN4O12S3/c1-4-15(26)37-17(19(27)22-14-10-12(24-38(29)30)6-7-13(14)21)18-23-16(20(28)36-5-2)11(3)40(34,35)25(18)8-9-39(31,32)33/h6-7,10,17,24H,4-5,8-9H2,1-3H3,(H,22,27)(H,29,30)(H,31,32,33)/p-1. The Morgan fingerprint density at radius 2 is 1.93 bits per heavy atom. The minimum absolute atomic E-state index is 0.0364. The summed E-state index contributed by atoms with van der Waals surface area (Å²) in [6, 6.07) is 3.57. The second-order valence-corrected chi connectivity index (χ2v) is 12.4. The maximum Gasteiger partial charge on any atom is 0.358 e. The van der Waals surface area contributed by atoms with Gasteiger partial charge in [0.1, 0.15) is 0 Å². The van der Waals surface area contributed by atoms with Crippen molar-refractivity contribution in [1.82, 2.24) is 4.31 Å². The van der Waals surface area contributed by atoms with Crippen molar-refractivity contribution in [2.24, 2.45) is 4.99 Å². The van der Waals surface area contributed by atoms with Crippen LogP contribution in [0.4, 0.5) is 11.4 Å². The van der Waals surface area contributed by atoms with Gasteiger partial charge in [-0.1, -0.05) is 18.5 Å². The maximum absolute atomic E-state index is 13.4. The number of benzene rings is 1. The van der Waals surface area contributed by atoms with E-state index in [2.05, 4.69) is 10.3 Å². The van der Waals surface area contributed by atoms with E-state index in [-0.39, 0.29) is 29.4 Å². The number of sulfonamides is 1. The number of ether oxygens (including phenoxy) is 2. The van der Waals surface area contributed by atoms with E-state index in [9.17, 15) is 44.5 Å². The number of nitrogens with one attached hydrogen (secondary N) is 2. The van der Waals surface area contributed by atoms with Gasteiger partial charge in [0.25, 0.3) is 26.0 Å². The zero-order chi connectivity index (χ0) is 30.4. The zero-order valence-electron chi connectivity index (χ0n) is 21.1. The molecule has 16 nitrogen and oxygen atoms in total. The SMILES string of the molecule is CCOC(=O)C1=C(C)S(=O)(=O)N(CCS(=O)(=O)O)C(C(OC(=O)CC)C(=O)Nc2cc(NS(=O)[O-])ccc2Cl)=N1. The second-order valence-electron chi connectivity index (χ2n) is 7.70. The van der Waals surface area contributed by atoms with Gasteiger partial charge in [-0.05, 0) is 32.0 Å². The van der Waals surface area contributed by atoms with E-state index in [4.69, 9.17) is 21.1 Å². The number of halogens is 1. The van der Waals surface area contributed by atoms with Gasteiger partial charge in [-0.15, -0.1) is 0 Å². The third kappa shape index (κ3) is 8.45. The highest BCUT2D eigenvalue weighted by Gasteiger charge is 2.44. The zero-order valence-corrected chi connectivity index (χ0v) is 24.3. The number of esters is 2. The number of rotatable bonds is 12. The molecule has 0 saturated carbocycles. The lowest BCUT2D eigenvalue weighted by Gasteiger charge is -2.32. The number of anilines is 2. The highest BCUT2D eigenvalue weighted by molar-refractivity contribution is 7.93. The van der Waals surface area contributed by atoms with E-state index in [1.807, 2.05) is 4.72 Å². The molecule has 1 aliphatic heterocycles. The van der Waals surface area contributed by atoms with E-state index in [0.29, 0.717) is 4.31 Å². The molecule has 2 unspecified atom stereocenters. The summed E-state index contributed by atoms with van der Waals surface area (Å²) in [6.45, 7) is 2.60. The fourth-order valence-corrected chi connectivity index (χ4v) is 5.52. The van der Waals surface area contributed by atoms with Gasteiger partial charge >= 0.3 is 11.9 Å². The van der Waals surface area contributed by atoms with Gasteiger partial charge in [-0.2, -0.15) is 8.42 Å². The summed E-state index contributed by atoms with van der Waals surface area (Å²) in [5.41, 5.74) is -1.01. The Balaban J connectivity index is 2.70. The number of amides is 1. The molecule has 2 atom stereocenters. The number of amidine groups is 1. The molecule has 2 rings (SSSR count). The number of hydrogen-bond acceptors (Lipinski definition) is 12. The van der Waals surface area contributed by atoms with Gasteiger partial charge in [-0.3, -0.25) is 18.4 Å². The Bertz CT molecular complexity index is 1490. The molecule has 1 aliphatic rings. The average molecular weight is 644 g/mol. The van der Waals surface area contributed by atoms with Gasteiger partial charge < -0.3 is 24.1 Å². The van der Waals surface area contributed by atoms with Crippen molar-refractivity contribution in [3.05, 3.63) is 33.8 Å². The molecule has 0 aliphatic carbocycles. The number of nitrogens with zero attached hydrogens (tertiary/aromatic N) is 2. The van der Waals surface area contributed by atoms with Crippen LogP contribution in [0.15, 0.2) is 33.8 Å². The summed E-state index contributed by atoms with van der Waals surface area (Å²) in [5.74, 6) is -5.55. The monoisotopic (exact) mass is 643 g/mol. The van der Waals surface area contributed by atoms with Crippen molar-refractivity contribution in [1.29, 1.82) is 0 Å². The molecule has 0 spiro atoms. The van der Waals surface area contributed by atoms with Gasteiger partial charge in [-0.25, -0.2) is 22.5 Å². The van der Waals surface area contributed by atoms with Crippen LogP contribution in [0, 0.1) is 0 Å². The van der Waals surface area contributed by atoms with Crippen LogP contribution < -0.4 is 10.0 Å². The molecule has 0 bridgehead atoms. The van der Waals surface area contributed by atoms with E-state index in [0.717, 1.165) is 13.0 Å². The lowest BCUT2D eigenvalue weighted by molar-refractivity contribution is -0.150. The first kappa shape index (κ1) is 33.1. The van der Waals surface area contributed by atoms with E-state index in [1.54, 1.807) is 0 Å². The molecule has 3 N–H and O–H groups in total. The summed E-state index contributed by atoms with van der Waals surface area (Å²) in [5, 5.41) is 2.15. The summed E-state index contributed by atoms with van der Waals surface area (Å²) in [6.07, 6.45) is -2.52. The number of hydrogen-bond donors (Lipinski definition) is 3. The minimum Gasteiger partial charge on any atom is -0.755 e. The molecule has 222 valence electrons. The van der Waals surface area contributed by atoms with Gasteiger partial charge in [0.05, 0.1) is 34.5 Å². The second kappa shape index (κ2) is 13.5. The first-order valence-electron chi connectivity index (χ1n) is 11.1. The van der Waals surface area contributed by atoms with E-state index < -0.39 is 84.1 Å². The van der Waals surface area contributed by atoms with Crippen molar-refractivity contribution in [2.75, 3.05) is 28.9 Å². The number of aliphatic imine (C=N–C) groups is 1. The Morgan fingerprint density at radius 1 is 1.27 bits per heavy atom. The van der Waals surface area contributed by atoms with Crippen LogP contribution in [0.2, 0.25) is 5.02 Å². The lowest BCUT2D eigenvalue weighted by Crippen LogP contribution is -2.53. The summed E-state index contributed by atoms with van der Waals surface area (Å²) in [7, 11) is -9.53. The topological polar surface area (TPSA) is 238 Å². The molecule has 1 amide bonds. The quantitative estimate of drug-likeness (QED) is 0.161. The van der Waals surface area contributed by atoms with Crippen LogP contribution in [0.25, 0.3) is 0 Å². The molecule has 20 heteroatoms. The number of carbonyl (C=O) groups is 3. The number of allylic oxidation sites excluding steroid dienone is 1. The van der Waals surface area contributed by atoms with Gasteiger partial charge in [0.15, 0.2) is 11.5 Å². The summed E-state index contributed by atoms with van der Waals surface area (Å²) < 4.78 is 93.0. The maximum atomic E-state index is 13.4. The Morgan fingerprint density at radius 3 is 2.48 bits per heavy atom. The van der Waals surface area contributed by atoms with E-state index in [1.165, 1.54) is 26.0 Å². The van der Waals surface area contributed by atoms with Crippen molar-refractivity contribution < 1.29 is 54.0 Å².